The molecule has 2 aliphatic rings. The summed E-state index contributed by atoms with van der Waals surface area (Å²) in [5.74, 6) is 0.633. The Bertz CT molecular complexity index is 671. The number of hydrogen-bond acceptors (Lipinski definition) is 5. The lowest BCUT2D eigenvalue weighted by Crippen LogP contribution is -2.37. The Morgan fingerprint density at radius 2 is 2.04 bits per heavy atom. The van der Waals surface area contributed by atoms with Crippen molar-refractivity contribution in [1.29, 1.82) is 0 Å². The predicted molar refractivity (Wildman–Crippen MR) is 102 cm³/mol. The minimum absolute atomic E-state index is 0.0135. The molecule has 1 aromatic carbocycles. The maximum atomic E-state index is 11.2. The molecule has 1 aliphatic carbocycles. The molecule has 27 heavy (non-hydrogen) atoms. The van der Waals surface area contributed by atoms with E-state index in [9.17, 15) is 15.0 Å². The summed E-state index contributed by atoms with van der Waals surface area (Å²) in [6.07, 6.45) is 4.19. The molecule has 1 aromatic rings. The van der Waals surface area contributed by atoms with E-state index < -0.39 is 17.5 Å². The molecule has 1 heterocycles. The third-order valence-corrected chi connectivity index (χ3v) is 6.30. The molecule has 3 atom stereocenters. The van der Waals surface area contributed by atoms with Gasteiger partial charge in [0, 0.05) is 24.4 Å². The molecule has 3 rings (SSSR count). The van der Waals surface area contributed by atoms with Crippen LogP contribution in [0.1, 0.15) is 51.0 Å². The number of aliphatic hydroxyl groups excluding tert-OH is 1. The number of carbonyl (C=O) groups is 1. The van der Waals surface area contributed by atoms with Crippen molar-refractivity contribution >= 4 is 5.97 Å². The van der Waals surface area contributed by atoms with Crippen molar-refractivity contribution in [2.45, 2.75) is 57.7 Å². The van der Waals surface area contributed by atoms with E-state index in [4.69, 9.17) is 9.47 Å². The smallest absolute Gasteiger partial charge is 0.317 e. The van der Waals surface area contributed by atoms with Gasteiger partial charge in [0.15, 0.2) is 11.5 Å². The maximum Gasteiger partial charge on any atom is 0.317 e. The number of aliphatic carboxylic acids is 1. The van der Waals surface area contributed by atoms with Gasteiger partial charge >= 0.3 is 5.97 Å². The summed E-state index contributed by atoms with van der Waals surface area (Å²) in [7, 11) is 1.64. The van der Waals surface area contributed by atoms with Gasteiger partial charge in [-0.05, 0) is 50.3 Å². The highest BCUT2D eigenvalue weighted by Gasteiger charge is 2.47. The summed E-state index contributed by atoms with van der Waals surface area (Å²) in [5, 5.41) is 19.6. The molecule has 1 saturated heterocycles. The molecule has 2 fully saturated rings. The van der Waals surface area contributed by atoms with Gasteiger partial charge in [0.2, 0.25) is 0 Å². The zero-order valence-electron chi connectivity index (χ0n) is 16.5. The molecule has 150 valence electrons. The van der Waals surface area contributed by atoms with Crippen LogP contribution in [0.5, 0.6) is 11.5 Å². The van der Waals surface area contributed by atoms with Crippen molar-refractivity contribution in [2.75, 3.05) is 26.7 Å². The number of methoxy groups -OCH3 is 1. The molecule has 1 aliphatic heterocycles. The number of hydrogen-bond donors (Lipinski definition) is 2. The first-order valence-corrected chi connectivity index (χ1v) is 9.80. The van der Waals surface area contributed by atoms with E-state index in [1.807, 2.05) is 30.0 Å². The van der Waals surface area contributed by atoms with Crippen LogP contribution in [0.3, 0.4) is 0 Å². The summed E-state index contributed by atoms with van der Waals surface area (Å²) in [6.45, 7) is 4.96. The first kappa shape index (κ1) is 20.0. The number of benzene rings is 1. The van der Waals surface area contributed by atoms with Gasteiger partial charge in [0.25, 0.3) is 0 Å². The van der Waals surface area contributed by atoms with Gasteiger partial charge in [0.05, 0.1) is 25.9 Å². The Kier molecular flexibility index (Phi) is 5.96. The molecule has 2 N–H and O–H groups in total. The van der Waals surface area contributed by atoms with Gasteiger partial charge < -0.3 is 19.7 Å². The standard InChI is InChI=1S/C21H31NO5/c1-14(23)21(2)13-22(12-20(24)25)11-17(21)15-8-9-18(26-3)19(10-15)27-16-6-4-5-7-16/h8-10,14,16-17,23H,4-7,11-13H2,1-3H3,(H,24,25). The fraction of sp³-hybridized carbons (Fsp3) is 0.667. The van der Waals surface area contributed by atoms with Crippen LogP contribution in [-0.2, 0) is 4.79 Å². The van der Waals surface area contributed by atoms with Crippen LogP contribution < -0.4 is 9.47 Å². The van der Waals surface area contributed by atoms with Gasteiger partial charge in [-0.15, -0.1) is 0 Å². The number of carboxylic acid groups (broad SMARTS) is 1. The second kappa shape index (κ2) is 8.07. The Labute approximate surface area is 161 Å². The molecule has 6 nitrogen and oxygen atoms in total. The Balaban J connectivity index is 1.89. The molecule has 0 bridgehead atoms. The second-order valence-electron chi connectivity index (χ2n) is 8.23. The number of aliphatic hydroxyl groups is 1. The number of nitrogens with zero attached hydrogens (tertiary/aromatic N) is 1. The highest BCUT2D eigenvalue weighted by atomic mass is 16.5. The van der Waals surface area contributed by atoms with Crippen LogP contribution in [0, 0.1) is 5.41 Å². The van der Waals surface area contributed by atoms with Crippen LogP contribution in [0.25, 0.3) is 0 Å². The first-order valence-electron chi connectivity index (χ1n) is 9.80. The van der Waals surface area contributed by atoms with Crippen LogP contribution >= 0.6 is 0 Å². The quantitative estimate of drug-likeness (QED) is 0.761. The van der Waals surface area contributed by atoms with Crippen LogP contribution in [0.2, 0.25) is 0 Å². The van der Waals surface area contributed by atoms with Gasteiger partial charge in [-0.1, -0.05) is 13.0 Å². The van der Waals surface area contributed by atoms with E-state index in [0.717, 1.165) is 24.2 Å². The minimum Gasteiger partial charge on any atom is -0.493 e. The highest BCUT2D eigenvalue weighted by molar-refractivity contribution is 5.69. The summed E-state index contributed by atoms with van der Waals surface area (Å²) in [5.41, 5.74) is 0.634. The zero-order chi connectivity index (χ0) is 19.6. The van der Waals surface area contributed by atoms with Crippen LogP contribution in [0.4, 0.5) is 0 Å². The average molecular weight is 377 g/mol. The SMILES string of the molecule is COc1ccc(C2CN(CC(=O)O)CC2(C)C(C)O)cc1OC1CCCC1. The monoisotopic (exact) mass is 377 g/mol. The van der Waals surface area contributed by atoms with Crippen molar-refractivity contribution in [3.63, 3.8) is 0 Å². The molecule has 0 spiro atoms. The number of likely N-dealkylation sites (tertiary alicyclic amines) is 1. The Morgan fingerprint density at radius 1 is 1.33 bits per heavy atom. The van der Waals surface area contributed by atoms with Crippen molar-refractivity contribution < 1.29 is 24.5 Å². The molecule has 0 aromatic heterocycles. The first-order chi connectivity index (χ1) is 12.8. The normalized spacial score (nSPS) is 27.6. The van der Waals surface area contributed by atoms with Crippen LogP contribution in [0.15, 0.2) is 18.2 Å². The summed E-state index contributed by atoms with van der Waals surface area (Å²) < 4.78 is 11.7. The van der Waals surface area contributed by atoms with Crippen molar-refractivity contribution in [2.24, 2.45) is 5.41 Å². The number of ether oxygens (including phenoxy) is 2. The number of carboxylic acids is 1. The van der Waals surface area contributed by atoms with E-state index in [1.165, 1.54) is 12.8 Å². The molecular formula is C21H31NO5. The van der Waals surface area contributed by atoms with Crippen molar-refractivity contribution in [3.05, 3.63) is 23.8 Å². The fourth-order valence-corrected chi connectivity index (χ4v) is 4.53. The lowest BCUT2D eigenvalue weighted by Gasteiger charge is -2.34. The molecule has 6 heteroatoms. The molecule has 0 radical (unpaired) electrons. The predicted octanol–water partition coefficient (Wildman–Crippen LogP) is 2.89. The number of rotatable bonds is 7. The molecule has 3 unspecified atom stereocenters. The summed E-state index contributed by atoms with van der Waals surface area (Å²) >= 11 is 0. The average Bonchev–Trinajstić information content (AvgIpc) is 3.22. The van der Waals surface area contributed by atoms with E-state index in [1.54, 1.807) is 14.0 Å². The fourth-order valence-electron chi connectivity index (χ4n) is 4.53. The molecular weight excluding hydrogens is 346 g/mol. The molecule has 1 saturated carbocycles. The zero-order valence-corrected chi connectivity index (χ0v) is 16.5. The topological polar surface area (TPSA) is 79.2 Å². The lowest BCUT2D eigenvalue weighted by molar-refractivity contribution is -0.138. The van der Waals surface area contributed by atoms with E-state index >= 15 is 0 Å². The van der Waals surface area contributed by atoms with E-state index in [-0.39, 0.29) is 18.6 Å². The van der Waals surface area contributed by atoms with Gasteiger partial charge in [0.1, 0.15) is 0 Å². The lowest BCUT2D eigenvalue weighted by atomic mass is 9.72. The van der Waals surface area contributed by atoms with Crippen LogP contribution in [-0.4, -0.2) is 60.0 Å². The molecule has 0 amide bonds. The highest BCUT2D eigenvalue weighted by Crippen LogP contribution is 2.47. The third kappa shape index (κ3) is 4.22. The van der Waals surface area contributed by atoms with Crippen molar-refractivity contribution in [3.8, 4) is 11.5 Å². The maximum absolute atomic E-state index is 11.2. The van der Waals surface area contributed by atoms with E-state index in [0.29, 0.717) is 18.8 Å². The van der Waals surface area contributed by atoms with Gasteiger partial charge in [-0.2, -0.15) is 0 Å². The minimum atomic E-state index is -0.844. The van der Waals surface area contributed by atoms with E-state index in [2.05, 4.69) is 0 Å². The summed E-state index contributed by atoms with van der Waals surface area (Å²) in [4.78, 5) is 13.1. The van der Waals surface area contributed by atoms with Gasteiger partial charge in [-0.3, -0.25) is 9.69 Å². The van der Waals surface area contributed by atoms with Crippen molar-refractivity contribution in [1.82, 2.24) is 4.90 Å². The largest absolute Gasteiger partial charge is 0.493 e. The second-order valence-corrected chi connectivity index (χ2v) is 8.23. The Morgan fingerprint density at radius 3 is 2.63 bits per heavy atom. The third-order valence-electron chi connectivity index (χ3n) is 6.30. The summed E-state index contributed by atoms with van der Waals surface area (Å²) in [6, 6.07) is 5.95. The van der Waals surface area contributed by atoms with Gasteiger partial charge in [-0.25, -0.2) is 0 Å². The Hall–Kier alpha value is -1.79.